The van der Waals surface area contributed by atoms with Gasteiger partial charge in [0.25, 0.3) is 0 Å². The number of aliphatic hydroxyl groups is 1. The Morgan fingerprint density at radius 2 is 2.15 bits per heavy atom. The minimum Gasteiger partial charge on any atom is -0.391 e. The third-order valence-corrected chi connectivity index (χ3v) is 2.88. The molecule has 106 valence electrons. The molecule has 0 bridgehead atoms. The molecule has 1 aromatic carbocycles. The highest BCUT2D eigenvalue weighted by Crippen LogP contribution is 2.02. The number of rotatable bonds is 7. The van der Waals surface area contributed by atoms with Crippen LogP contribution in [0.2, 0.25) is 0 Å². The van der Waals surface area contributed by atoms with Crippen LogP contribution in [-0.2, 0) is 17.8 Å². The van der Waals surface area contributed by atoms with E-state index >= 15 is 0 Å². The van der Waals surface area contributed by atoms with E-state index in [0.717, 1.165) is 5.56 Å². The van der Waals surface area contributed by atoms with Crippen LogP contribution in [0.25, 0.3) is 0 Å². The summed E-state index contributed by atoms with van der Waals surface area (Å²) >= 11 is 0. The van der Waals surface area contributed by atoms with Crippen molar-refractivity contribution in [2.24, 2.45) is 0 Å². The van der Waals surface area contributed by atoms with Gasteiger partial charge in [-0.15, -0.1) is 0 Å². The van der Waals surface area contributed by atoms with Crippen LogP contribution < -0.4 is 5.32 Å². The maximum Gasteiger partial charge on any atom is 0.221 e. The van der Waals surface area contributed by atoms with Crippen molar-refractivity contribution in [3.05, 3.63) is 48.5 Å². The molecule has 0 aliphatic heterocycles. The Balaban J connectivity index is 1.65. The van der Waals surface area contributed by atoms with Gasteiger partial charge in [0.1, 0.15) is 12.7 Å². The number of aromatic nitrogens is 3. The molecular weight excluding hydrogens is 256 g/mol. The third-order valence-electron chi connectivity index (χ3n) is 2.88. The minimum atomic E-state index is -0.576. The minimum absolute atomic E-state index is 0.104. The molecule has 2 rings (SSSR count). The number of nitrogens with zero attached hydrogens (tertiary/aromatic N) is 3. The number of aliphatic hydroxyl groups excluding tert-OH is 1. The number of nitrogens with one attached hydrogen (secondary N) is 1. The summed E-state index contributed by atoms with van der Waals surface area (Å²) < 4.78 is 1.60. The van der Waals surface area contributed by atoms with Gasteiger partial charge in [-0.2, -0.15) is 5.10 Å². The van der Waals surface area contributed by atoms with Gasteiger partial charge in [0, 0.05) is 19.4 Å². The summed E-state index contributed by atoms with van der Waals surface area (Å²) in [5, 5.41) is 16.5. The quantitative estimate of drug-likeness (QED) is 0.765. The monoisotopic (exact) mass is 274 g/mol. The van der Waals surface area contributed by atoms with Crippen molar-refractivity contribution in [2.45, 2.75) is 25.5 Å². The maximum atomic E-state index is 11.6. The summed E-state index contributed by atoms with van der Waals surface area (Å²) in [5.41, 5.74) is 1.05. The lowest BCUT2D eigenvalue weighted by molar-refractivity contribution is -0.121. The average Bonchev–Trinajstić information content (AvgIpc) is 2.97. The Kier molecular flexibility index (Phi) is 5.25. The van der Waals surface area contributed by atoms with Gasteiger partial charge >= 0.3 is 0 Å². The van der Waals surface area contributed by atoms with Crippen molar-refractivity contribution in [2.75, 3.05) is 6.54 Å². The lowest BCUT2D eigenvalue weighted by Crippen LogP contribution is -2.33. The van der Waals surface area contributed by atoms with E-state index in [1.165, 1.54) is 6.33 Å². The Morgan fingerprint density at radius 1 is 1.35 bits per heavy atom. The van der Waals surface area contributed by atoms with E-state index in [4.69, 9.17) is 0 Å². The molecule has 0 aliphatic carbocycles. The number of amides is 1. The molecule has 1 heterocycles. The van der Waals surface area contributed by atoms with E-state index in [9.17, 15) is 9.90 Å². The molecule has 0 saturated carbocycles. The molecule has 1 unspecified atom stereocenters. The Hall–Kier alpha value is -2.21. The number of carbonyl (C=O) groups is 1. The first kappa shape index (κ1) is 14.2. The van der Waals surface area contributed by atoms with Gasteiger partial charge in [-0.05, 0) is 5.56 Å². The molecule has 0 radical (unpaired) electrons. The lowest BCUT2D eigenvalue weighted by Gasteiger charge is -2.12. The summed E-state index contributed by atoms with van der Waals surface area (Å²) in [6.07, 6.45) is 3.28. The summed E-state index contributed by atoms with van der Waals surface area (Å²) in [4.78, 5) is 15.4. The first-order valence-corrected chi connectivity index (χ1v) is 6.55. The van der Waals surface area contributed by atoms with Crippen molar-refractivity contribution >= 4 is 5.91 Å². The second kappa shape index (κ2) is 7.40. The lowest BCUT2D eigenvalue weighted by atomic mass is 10.1. The van der Waals surface area contributed by atoms with Crippen LogP contribution in [0, 0.1) is 0 Å². The van der Waals surface area contributed by atoms with E-state index in [-0.39, 0.29) is 12.5 Å². The van der Waals surface area contributed by atoms with E-state index in [1.807, 2.05) is 30.3 Å². The standard InChI is InChI=1S/C14H18N4O2/c19-13(8-12-4-2-1-3-5-12)9-16-14(20)6-7-18-11-15-10-17-18/h1-5,10-11,13,19H,6-9H2,(H,16,20). The van der Waals surface area contributed by atoms with Crippen LogP contribution in [-0.4, -0.2) is 38.4 Å². The van der Waals surface area contributed by atoms with E-state index < -0.39 is 6.10 Å². The van der Waals surface area contributed by atoms with Gasteiger partial charge in [-0.1, -0.05) is 30.3 Å². The molecule has 2 aromatic rings. The van der Waals surface area contributed by atoms with Crippen molar-refractivity contribution in [3.8, 4) is 0 Å². The number of hydrogen-bond donors (Lipinski definition) is 2. The number of benzene rings is 1. The highest BCUT2D eigenvalue weighted by Gasteiger charge is 2.08. The van der Waals surface area contributed by atoms with Crippen LogP contribution in [0.15, 0.2) is 43.0 Å². The highest BCUT2D eigenvalue weighted by atomic mass is 16.3. The second-order valence-corrected chi connectivity index (χ2v) is 4.56. The van der Waals surface area contributed by atoms with Gasteiger partial charge in [-0.25, -0.2) is 4.98 Å². The van der Waals surface area contributed by atoms with E-state index in [0.29, 0.717) is 19.4 Å². The molecule has 1 atom stereocenters. The van der Waals surface area contributed by atoms with E-state index in [1.54, 1.807) is 11.0 Å². The van der Waals surface area contributed by atoms with E-state index in [2.05, 4.69) is 15.4 Å². The first-order valence-electron chi connectivity index (χ1n) is 6.55. The maximum absolute atomic E-state index is 11.6. The SMILES string of the molecule is O=C(CCn1cncn1)NCC(O)Cc1ccccc1. The Morgan fingerprint density at radius 3 is 2.85 bits per heavy atom. The number of aryl methyl sites for hydroxylation is 1. The largest absolute Gasteiger partial charge is 0.391 e. The fourth-order valence-electron chi connectivity index (χ4n) is 1.84. The predicted molar refractivity (Wildman–Crippen MR) is 73.8 cm³/mol. The zero-order chi connectivity index (χ0) is 14.2. The predicted octanol–water partition coefficient (Wildman–Crippen LogP) is 0.388. The zero-order valence-corrected chi connectivity index (χ0v) is 11.1. The summed E-state index contributed by atoms with van der Waals surface area (Å²) in [6, 6.07) is 9.70. The molecule has 1 aromatic heterocycles. The van der Waals surface area contributed by atoms with Crippen LogP contribution in [0.3, 0.4) is 0 Å². The Labute approximate surface area is 117 Å². The van der Waals surface area contributed by atoms with Crippen molar-refractivity contribution in [3.63, 3.8) is 0 Å². The molecule has 1 amide bonds. The van der Waals surface area contributed by atoms with Crippen molar-refractivity contribution in [1.82, 2.24) is 20.1 Å². The molecule has 0 saturated heterocycles. The molecule has 6 heteroatoms. The molecule has 20 heavy (non-hydrogen) atoms. The highest BCUT2D eigenvalue weighted by molar-refractivity contribution is 5.75. The number of carbonyl (C=O) groups excluding carboxylic acids is 1. The van der Waals surface area contributed by atoms with Gasteiger partial charge < -0.3 is 10.4 Å². The van der Waals surface area contributed by atoms with Crippen LogP contribution in [0.1, 0.15) is 12.0 Å². The number of hydrogen-bond acceptors (Lipinski definition) is 4. The smallest absolute Gasteiger partial charge is 0.221 e. The molecule has 2 N–H and O–H groups in total. The zero-order valence-electron chi connectivity index (χ0n) is 11.1. The van der Waals surface area contributed by atoms with Gasteiger partial charge in [-0.3, -0.25) is 9.48 Å². The van der Waals surface area contributed by atoms with Gasteiger partial charge in [0.2, 0.25) is 5.91 Å². The summed E-state index contributed by atoms with van der Waals surface area (Å²) in [6.45, 7) is 0.742. The fourth-order valence-corrected chi connectivity index (χ4v) is 1.84. The molecule has 0 spiro atoms. The second-order valence-electron chi connectivity index (χ2n) is 4.56. The fraction of sp³-hybridized carbons (Fsp3) is 0.357. The topological polar surface area (TPSA) is 80.0 Å². The molecule has 0 aliphatic rings. The van der Waals surface area contributed by atoms with Gasteiger partial charge in [0.05, 0.1) is 12.6 Å². The van der Waals surface area contributed by atoms with Crippen LogP contribution >= 0.6 is 0 Å². The molecule has 6 nitrogen and oxygen atoms in total. The van der Waals surface area contributed by atoms with Crippen LogP contribution in [0.5, 0.6) is 0 Å². The molecule has 0 fully saturated rings. The normalized spacial score (nSPS) is 12.1. The molecular formula is C14H18N4O2. The van der Waals surface area contributed by atoms with Crippen molar-refractivity contribution < 1.29 is 9.90 Å². The van der Waals surface area contributed by atoms with Crippen LogP contribution in [0.4, 0.5) is 0 Å². The summed E-state index contributed by atoms with van der Waals surface area (Å²) in [5.74, 6) is -0.104. The van der Waals surface area contributed by atoms with Gasteiger partial charge in [0.15, 0.2) is 0 Å². The average molecular weight is 274 g/mol. The first-order chi connectivity index (χ1) is 9.74. The third kappa shape index (κ3) is 4.81. The Bertz CT molecular complexity index is 513. The van der Waals surface area contributed by atoms with Crippen molar-refractivity contribution in [1.29, 1.82) is 0 Å². The summed E-state index contributed by atoms with van der Waals surface area (Å²) in [7, 11) is 0.